The van der Waals surface area contributed by atoms with Gasteiger partial charge in [-0.1, -0.05) is 6.07 Å². The first-order valence-corrected chi connectivity index (χ1v) is 4.83. The zero-order valence-electron chi connectivity index (χ0n) is 8.73. The zero-order chi connectivity index (χ0) is 10.4. The van der Waals surface area contributed by atoms with Crippen LogP contribution in [0.1, 0.15) is 30.2 Å². The Bertz CT molecular complexity index is 258. The van der Waals surface area contributed by atoms with Crippen LogP contribution >= 0.6 is 0 Å². The summed E-state index contributed by atoms with van der Waals surface area (Å²) in [6.07, 6.45) is 2.90. The molecule has 3 heteroatoms. The molecule has 1 N–H and O–H groups in total. The lowest BCUT2D eigenvalue weighted by Gasteiger charge is -2.09. The highest BCUT2D eigenvalue weighted by molar-refractivity contribution is 5.15. The molecule has 78 valence electrons. The van der Waals surface area contributed by atoms with Gasteiger partial charge in [-0.2, -0.15) is 0 Å². The number of aliphatic hydroxyl groups excluding tert-OH is 1. The summed E-state index contributed by atoms with van der Waals surface area (Å²) < 4.78 is 4.92. The summed E-state index contributed by atoms with van der Waals surface area (Å²) in [5.74, 6) is 0. The van der Waals surface area contributed by atoms with Crippen LogP contribution in [0.15, 0.2) is 18.3 Å². The van der Waals surface area contributed by atoms with Gasteiger partial charge in [0.15, 0.2) is 0 Å². The summed E-state index contributed by atoms with van der Waals surface area (Å²) >= 11 is 0. The molecule has 0 aromatic carbocycles. The molecule has 0 aliphatic carbocycles. The largest absolute Gasteiger partial charge is 0.388 e. The number of rotatable bonds is 5. The van der Waals surface area contributed by atoms with Crippen molar-refractivity contribution in [3.05, 3.63) is 29.6 Å². The normalized spacial score (nSPS) is 12.8. The first-order chi connectivity index (χ1) is 6.74. The van der Waals surface area contributed by atoms with Gasteiger partial charge in [0.25, 0.3) is 0 Å². The molecule has 0 amide bonds. The average molecular weight is 195 g/mol. The summed E-state index contributed by atoms with van der Waals surface area (Å²) in [7, 11) is 1.67. The third kappa shape index (κ3) is 3.44. The topological polar surface area (TPSA) is 42.4 Å². The highest BCUT2D eigenvalue weighted by atomic mass is 16.5. The van der Waals surface area contributed by atoms with E-state index in [4.69, 9.17) is 4.74 Å². The van der Waals surface area contributed by atoms with Gasteiger partial charge in [-0.25, -0.2) is 0 Å². The smallest absolute Gasteiger partial charge is 0.0805 e. The zero-order valence-corrected chi connectivity index (χ0v) is 8.73. The molecule has 0 bridgehead atoms. The Labute approximate surface area is 84.7 Å². The van der Waals surface area contributed by atoms with Crippen molar-refractivity contribution >= 4 is 0 Å². The van der Waals surface area contributed by atoms with Gasteiger partial charge in [0.2, 0.25) is 0 Å². The Hall–Kier alpha value is -0.930. The fourth-order valence-electron chi connectivity index (χ4n) is 1.26. The number of hydrogen-bond acceptors (Lipinski definition) is 3. The van der Waals surface area contributed by atoms with Crippen molar-refractivity contribution in [1.82, 2.24) is 4.98 Å². The van der Waals surface area contributed by atoms with Gasteiger partial charge in [0, 0.05) is 25.6 Å². The van der Waals surface area contributed by atoms with E-state index in [0.29, 0.717) is 6.61 Å². The van der Waals surface area contributed by atoms with E-state index in [0.717, 1.165) is 24.1 Å². The lowest BCUT2D eigenvalue weighted by molar-refractivity contribution is 0.136. The SMILES string of the molecule is COCCCC(O)c1ccc(C)nc1. The Morgan fingerprint density at radius 2 is 2.29 bits per heavy atom. The third-order valence-electron chi connectivity index (χ3n) is 2.15. The van der Waals surface area contributed by atoms with Crippen LogP contribution in [0.3, 0.4) is 0 Å². The maximum atomic E-state index is 9.74. The van der Waals surface area contributed by atoms with E-state index in [-0.39, 0.29) is 0 Å². The first kappa shape index (κ1) is 11.1. The van der Waals surface area contributed by atoms with Crippen molar-refractivity contribution in [3.63, 3.8) is 0 Å². The van der Waals surface area contributed by atoms with Gasteiger partial charge in [-0.05, 0) is 31.4 Å². The van der Waals surface area contributed by atoms with Crippen molar-refractivity contribution in [2.75, 3.05) is 13.7 Å². The van der Waals surface area contributed by atoms with Crippen LogP contribution in [0.25, 0.3) is 0 Å². The van der Waals surface area contributed by atoms with E-state index >= 15 is 0 Å². The lowest BCUT2D eigenvalue weighted by Crippen LogP contribution is -2.00. The highest BCUT2D eigenvalue weighted by Gasteiger charge is 2.06. The quantitative estimate of drug-likeness (QED) is 0.729. The minimum absolute atomic E-state index is 0.418. The molecule has 0 aliphatic rings. The third-order valence-corrected chi connectivity index (χ3v) is 2.15. The van der Waals surface area contributed by atoms with Crippen LogP contribution < -0.4 is 0 Å². The molecular weight excluding hydrogens is 178 g/mol. The number of pyridine rings is 1. The van der Waals surface area contributed by atoms with Crippen LogP contribution in [0.5, 0.6) is 0 Å². The molecule has 0 spiro atoms. The van der Waals surface area contributed by atoms with Gasteiger partial charge in [0.05, 0.1) is 6.10 Å². The number of hydrogen-bond donors (Lipinski definition) is 1. The number of aromatic nitrogens is 1. The maximum absolute atomic E-state index is 9.74. The molecule has 1 aromatic rings. The van der Waals surface area contributed by atoms with E-state index in [9.17, 15) is 5.11 Å². The molecule has 1 heterocycles. The molecule has 1 aromatic heterocycles. The van der Waals surface area contributed by atoms with E-state index in [2.05, 4.69) is 4.98 Å². The monoisotopic (exact) mass is 195 g/mol. The Morgan fingerprint density at radius 3 is 2.86 bits per heavy atom. The van der Waals surface area contributed by atoms with Crippen LogP contribution in [0.4, 0.5) is 0 Å². The molecule has 0 fully saturated rings. The van der Waals surface area contributed by atoms with Gasteiger partial charge in [-0.3, -0.25) is 4.98 Å². The molecule has 14 heavy (non-hydrogen) atoms. The minimum Gasteiger partial charge on any atom is -0.388 e. The van der Waals surface area contributed by atoms with Gasteiger partial charge in [-0.15, -0.1) is 0 Å². The number of nitrogens with zero attached hydrogens (tertiary/aromatic N) is 1. The second-order valence-corrected chi connectivity index (χ2v) is 3.38. The molecule has 0 radical (unpaired) electrons. The van der Waals surface area contributed by atoms with Crippen LogP contribution in [-0.2, 0) is 4.74 Å². The average Bonchev–Trinajstić information content (AvgIpc) is 2.19. The Kier molecular flexibility index (Phi) is 4.56. The van der Waals surface area contributed by atoms with Gasteiger partial charge >= 0.3 is 0 Å². The van der Waals surface area contributed by atoms with Crippen LogP contribution in [-0.4, -0.2) is 23.8 Å². The Balaban J connectivity index is 2.43. The molecule has 0 saturated heterocycles. The number of aliphatic hydroxyl groups is 1. The fraction of sp³-hybridized carbons (Fsp3) is 0.545. The summed E-state index contributed by atoms with van der Waals surface area (Å²) in [6.45, 7) is 2.62. The first-order valence-electron chi connectivity index (χ1n) is 4.83. The molecule has 1 atom stereocenters. The van der Waals surface area contributed by atoms with Crippen molar-refractivity contribution in [2.45, 2.75) is 25.9 Å². The van der Waals surface area contributed by atoms with E-state index < -0.39 is 6.10 Å². The van der Waals surface area contributed by atoms with E-state index in [1.165, 1.54) is 0 Å². The summed E-state index contributed by atoms with van der Waals surface area (Å²) in [4.78, 5) is 4.14. The number of ether oxygens (including phenoxy) is 1. The van der Waals surface area contributed by atoms with Crippen molar-refractivity contribution in [1.29, 1.82) is 0 Å². The molecule has 3 nitrogen and oxygen atoms in total. The van der Waals surface area contributed by atoms with E-state index in [1.807, 2.05) is 19.1 Å². The standard InChI is InChI=1S/C11H17NO2/c1-9-5-6-10(8-12-9)11(13)4-3-7-14-2/h5-6,8,11,13H,3-4,7H2,1-2H3. The summed E-state index contributed by atoms with van der Waals surface area (Å²) in [6, 6.07) is 3.83. The predicted octanol–water partition coefficient (Wildman–Crippen LogP) is 1.85. The van der Waals surface area contributed by atoms with Crippen molar-refractivity contribution < 1.29 is 9.84 Å². The summed E-state index contributed by atoms with van der Waals surface area (Å²) in [5, 5.41) is 9.74. The van der Waals surface area contributed by atoms with Gasteiger partial charge < -0.3 is 9.84 Å². The lowest BCUT2D eigenvalue weighted by atomic mass is 10.1. The van der Waals surface area contributed by atoms with Crippen LogP contribution in [0.2, 0.25) is 0 Å². The van der Waals surface area contributed by atoms with Crippen molar-refractivity contribution in [3.8, 4) is 0 Å². The second-order valence-electron chi connectivity index (χ2n) is 3.38. The molecule has 1 unspecified atom stereocenters. The van der Waals surface area contributed by atoms with E-state index in [1.54, 1.807) is 13.3 Å². The maximum Gasteiger partial charge on any atom is 0.0805 e. The molecular formula is C11H17NO2. The number of aryl methyl sites for hydroxylation is 1. The molecule has 1 rings (SSSR count). The van der Waals surface area contributed by atoms with Gasteiger partial charge in [0.1, 0.15) is 0 Å². The van der Waals surface area contributed by atoms with Crippen LogP contribution in [0, 0.1) is 6.92 Å². The summed E-state index contributed by atoms with van der Waals surface area (Å²) in [5.41, 5.74) is 1.85. The predicted molar refractivity (Wildman–Crippen MR) is 55.0 cm³/mol. The number of methoxy groups -OCH3 is 1. The molecule has 0 saturated carbocycles. The highest BCUT2D eigenvalue weighted by Crippen LogP contribution is 2.17. The minimum atomic E-state index is -0.418. The molecule has 0 aliphatic heterocycles. The van der Waals surface area contributed by atoms with Crippen molar-refractivity contribution in [2.24, 2.45) is 0 Å². The second kappa shape index (κ2) is 5.73. The fourth-order valence-corrected chi connectivity index (χ4v) is 1.26. The Morgan fingerprint density at radius 1 is 1.50 bits per heavy atom.